The van der Waals surface area contributed by atoms with E-state index in [1.807, 2.05) is 10.8 Å². The Morgan fingerprint density at radius 3 is 2.70 bits per heavy atom. The first kappa shape index (κ1) is 16.7. The van der Waals surface area contributed by atoms with Crippen molar-refractivity contribution in [3.05, 3.63) is 18.2 Å². The molecule has 114 valence electrons. The lowest BCUT2D eigenvalue weighted by atomic mass is 10.1. The highest BCUT2D eigenvalue weighted by atomic mass is 16.1. The van der Waals surface area contributed by atoms with Crippen LogP contribution in [0.4, 0.5) is 0 Å². The standard InChI is InChI=1S/C15H28N4O/c1-12(2)6-7-17-14(20)11-19-9-8-16-13(19)10-18-15(3,4)5/h8-9,12,18H,6-7,10-11H2,1-5H3,(H,17,20). The molecule has 5 heteroatoms. The van der Waals surface area contributed by atoms with E-state index in [0.29, 0.717) is 19.0 Å². The zero-order valence-electron chi connectivity index (χ0n) is 13.4. The number of amides is 1. The summed E-state index contributed by atoms with van der Waals surface area (Å²) in [5.41, 5.74) is 0.0380. The summed E-state index contributed by atoms with van der Waals surface area (Å²) in [7, 11) is 0. The van der Waals surface area contributed by atoms with Crippen LogP contribution >= 0.6 is 0 Å². The number of nitrogens with zero attached hydrogens (tertiary/aromatic N) is 2. The van der Waals surface area contributed by atoms with Crippen LogP contribution in [0.25, 0.3) is 0 Å². The third-order valence-electron chi connectivity index (χ3n) is 2.94. The molecule has 20 heavy (non-hydrogen) atoms. The van der Waals surface area contributed by atoms with Crippen LogP contribution in [0, 0.1) is 5.92 Å². The summed E-state index contributed by atoms with van der Waals surface area (Å²) in [6, 6.07) is 0. The minimum absolute atomic E-state index is 0.0380. The summed E-state index contributed by atoms with van der Waals surface area (Å²) >= 11 is 0. The van der Waals surface area contributed by atoms with Gasteiger partial charge in [0.15, 0.2) is 0 Å². The lowest BCUT2D eigenvalue weighted by Gasteiger charge is -2.20. The minimum Gasteiger partial charge on any atom is -0.355 e. The number of rotatable bonds is 7. The van der Waals surface area contributed by atoms with Crippen LogP contribution in [0.3, 0.4) is 0 Å². The molecule has 0 fully saturated rings. The van der Waals surface area contributed by atoms with E-state index in [2.05, 4.69) is 50.2 Å². The van der Waals surface area contributed by atoms with E-state index in [1.165, 1.54) is 0 Å². The molecule has 0 atom stereocenters. The van der Waals surface area contributed by atoms with Crippen molar-refractivity contribution in [2.24, 2.45) is 5.92 Å². The molecule has 2 N–H and O–H groups in total. The highest BCUT2D eigenvalue weighted by Crippen LogP contribution is 2.03. The minimum atomic E-state index is 0.0380. The van der Waals surface area contributed by atoms with Gasteiger partial charge in [0, 0.05) is 24.5 Å². The van der Waals surface area contributed by atoms with Crippen molar-refractivity contribution < 1.29 is 4.79 Å². The van der Waals surface area contributed by atoms with Crippen LogP contribution in [0.5, 0.6) is 0 Å². The molecule has 1 heterocycles. The van der Waals surface area contributed by atoms with Crippen molar-refractivity contribution in [3.63, 3.8) is 0 Å². The number of aromatic nitrogens is 2. The molecule has 0 aromatic carbocycles. The summed E-state index contributed by atoms with van der Waals surface area (Å²) in [6.45, 7) is 12.4. The Labute approximate surface area is 122 Å². The summed E-state index contributed by atoms with van der Waals surface area (Å²) in [6.07, 6.45) is 4.59. The smallest absolute Gasteiger partial charge is 0.239 e. The predicted molar refractivity (Wildman–Crippen MR) is 81.3 cm³/mol. The van der Waals surface area contributed by atoms with Gasteiger partial charge in [0.05, 0.1) is 6.54 Å². The zero-order valence-corrected chi connectivity index (χ0v) is 13.4. The zero-order chi connectivity index (χ0) is 15.2. The van der Waals surface area contributed by atoms with Crippen molar-refractivity contribution in [1.82, 2.24) is 20.2 Å². The van der Waals surface area contributed by atoms with Crippen LogP contribution in [0.1, 0.15) is 46.9 Å². The molecule has 1 aromatic rings. The molecule has 0 aliphatic heterocycles. The Kier molecular flexibility index (Phi) is 6.20. The molecular formula is C15H28N4O. The van der Waals surface area contributed by atoms with Gasteiger partial charge >= 0.3 is 0 Å². The van der Waals surface area contributed by atoms with E-state index < -0.39 is 0 Å². The second-order valence-electron chi connectivity index (χ2n) is 6.61. The largest absolute Gasteiger partial charge is 0.355 e. The highest BCUT2D eigenvalue weighted by Gasteiger charge is 2.12. The van der Waals surface area contributed by atoms with Gasteiger partial charge in [0.1, 0.15) is 12.4 Å². The van der Waals surface area contributed by atoms with Gasteiger partial charge in [-0.3, -0.25) is 4.79 Å². The number of imidazole rings is 1. The third-order valence-corrected chi connectivity index (χ3v) is 2.94. The summed E-state index contributed by atoms with van der Waals surface area (Å²) in [5.74, 6) is 1.54. The number of carbonyl (C=O) groups is 1. The maximum Gasteiger partial charge on any atom is 0.239 e. The topological polar surface area (TPSA) is 59.0 Å². The average molecular weight is 280 g/mol. The maximum atomic E-state index is 11.9. The van der Waals surface area contributed by atoms with Gasteiger partial charge in [-0.05, 0) is 33.1 Å². The van der Waals surface area contributed by atoms with E-state index in [0.717, 1.165) is 18.8 Å². The number of hydrogen-bond donors (Lipinski definition) is 2. The molecule has 0 saturated carbocycles. The summed E-state index contributed by atoms with van der Waals surface area (Å²) < 4.78 is 1.89. The van der Waals surface area contributed by atoms with Crippen LogP contribution in [-0.4, -0.2) is 27.5 Å². The Hall–Kier alpha value is -1.36. The van der Waals surface area contributed by atoms with Crippen molar-refractivity contribution in [1.29, 1.82) is 0 Å². The highest BCUT2D eigenvalue weighted by molar-refractivity contribution is 5.75. The molecule has 0 saturated heterocycles. The van der Waals surface area contributed by atoms with Gasteiger partial charge < -0.3 is 15.2 Å². The Morgan fingerprint density at radius 1 is 1.40 bits per heavy atom. The van der Waals surface area contributed by atoms with Gasteiger partial charge in [-0.15, -0.1) is 0 Å². The van der Waals surface area contributed by atoms with Crippen LogP contribution in [0.2, 0.25) is 0 Å². The number of hydrogen-bond acceptors (Lipinski definition) is 3. The van der Waals surface area contributed by atoms with Crippen molar-refractivity contribution in [3.8, 4) is 0 Å². The predicted octanol–water partition coefficient (Wildman–Crippen LogP) is 1.93. The molecular weight excluding hydrogens is 252 g/mol. The van der Waals surface area contributed by atoms with E-state index in [4.69, 9.17) is 0 Å². The lowest BCUT2D eigenvalue weighted by molar-refractivity contribution is -0.121. The SMILES string of the molecule is CC(C)CCNC(=O)Cn1ccnc1CNC(C)(C)C. The Bertz CT molecular complexity index is 418. The Balaban J connectivity index is 2.44. The molecule has 5 nitrogen and oxygen atoms in total. The second kappa shape index (κ2) is 7.43. The van der Waals surface area contributed by atoms with E-state index in [9.17, 15) is 4.79 Å². The molecule has 1 aromatic heterocycles. The van der Waals surface area contributed by atoms with Crippen molar-refractivity contribution in [2.45, 2.75) is 59.7 Å². The molecule has 0 aliphatic carbocycles. The summed E-state index contributed by atoms with van der Waals surface area (Å²) in [5, 5.41) is 6.32. The molecule has 0 aliphatic rings. The van der Waals surface area contributed by atoms with Gasteiger partial charge in [-0.1, -0.05) is 13.8 Å². The van der Waals surface area contributed by atoms with Crippen molar-refractivity contribution in [2.75, 3.05) is 6.54 Å². The van der Waals surface area contributed by atoms with Gasteiger partial charge in [-0.2, -0.15) is 0 Å². The van der Waals surface area contributed by atoms with Gasteiger partial charge in [0.2, 0.25) is 5.91 Å². The quantitative estimate of drug-likeness (QED) is 0.802. The third kappa shape index (κ3) is 6.70. The first-order chi connectivity index (χ1) is 9.28. The van der Waals surface area contributed by atoms with Gasteiger partial charge in [0.25, 0.3) is 0 Å². The molecule has 1 rings (SSSR count). The first-order valence-corrected chi connectivity index (χ1v) is 7.29. The van der Waals surface area contributed by atoms with Crippen LogP contribution < -0.4 is 10.6 Å². The second-order valence-corrected chi connectivity index (χ2v) is 6.61. The van der Waals surface area contributed by atoms with E-state index >= 15 is 0 Å². The van der Waals surface area contributed by atoms with E-state index in [-0.39, 0.29) is 11.4 Å². The van der Waals surface area contributed by atoms with E-state index in [1.54, 1.807) is 6.20 Å². The maximum absolute atomic E-state index is 11.9. The Morgan fingerprint density at radius 2 is 2.10 bits per heavy atom. The van der Waals surface area contributed by atoms with Gasteiger partial charge in [-0.25, -0.2) is 4.98 Å². The molecule has 0 radical (unpaired) electrons. The number of carbonyl (C=O) groups excluding carboxylic acids is 1. The molecule has 0 bridgehead atoms. The molecule has 0 spiro atoms. The van der Waals surface area contributed by atoms with Crippen molar-refractivity contribution >= 4 is 5.91 Å². The monoisotopic (exact) mass is 280 g/mol. The molecule has 1 amide bonds. The van der Waals surface area contributed by atoms with Crippen LogP contribution in [-0.2, 0) is 17.9 Å². The normalized spacial score (nSPS) is 11.9. The molecule has 0 unspecified atom stereocenters. The fraction of sp³-hybridized carbons (Fsp3) is 0.733. The summed E-state index contributed by atoms with van der Waals surface area (Å²) in [4.78, 5) is 16.2. The number of nitrogens with one attached hydrogen (secondary N) is 2. The fourth-order valence-corrected chi connectivity index (χ4v) is 1.71. The average Bonchev–Trinajstić information content (AvgIpc) is 2.72. The fourth-order valence-electron chi connectivity index (χ4n) is 1.71. The first-order valence-electron chi connectivity index (χ1n) is 7.29. The lowest BCUT2D eigenvalue weighted by Crippen LogP contribution is -2.36. The van der Waals surface area contributed by atoms with Crippen LogP contribution in [0.15, 0.2) is 12.4 Å².